The molecule has 33 heavy (non-hydrogen) atoms. The van der Waals surface area contributed by atoms with Crippen LogP contribution in [0.4, 0.5) is 0 Å². The third-order valence-electron chi connectivity index (χ3n) is 5.95. The number of ether oxygens (including phenoxy) is 2. The summed E-state index contributed by atoms with van der Waals surface area (Å²) in [6, 6.07) is 15.1. The quantitative estimate of drug-likeness (QED) is 0.725. The van der Waals surface area contributed by atoms with Gasteiger partial charge in [-0.05, 0) is 41.3 Å². The maximum Gasteiger partial charge on any atom is 0.251 e. The van der Waals surface area contributed by atoms with Gasteiger partial charge in [0.15, 0.2) is 0 Å². The highest BCUT2D eigenvalue weighted by atomic mass is 16.5. The molecule has 4 rings (SSSR count). The average molecular weight is 452 g/mol. The molecule has 2 aliphatic rings. The van der Waals surface area contributed by atoms with E-state index >= 15 is 0 Å². The Labute approximate surface area is 193 Å². The molecule has 2 aromatic carbocycles. The Morgan fingerprint density at radius 2 is 1.85 bits per heavy atom. The molecule has 8 heteroatoms. The van der Waals surface area contributed by atoms with Crippen LogP contribution in [0.15, 0.2) is 48.5 Å². The molecular weight excluding hydrogens is 422 g/mol. The Balaban J connectivity index is 1.58. The smallest absolute Gasteiger partial charge is 0.251 e. The molecule has 8 nitrogen and oxygen atoms in total. The van der Waals surface area contributed by atoms with E-state index in [0.29, 0.717) is 38.2 Å². The Bertz CT molecular complexity index is 1020. The summed E-state index contributed by atoms with van der Waals surface area (Å²) in [6.07, 6.45) is 0.469. The van der Waals surface area contributed by atoms with E-state index in [4.69, 9.17) is 9.47 Å². The van der Waals surface area contributed by atoms with Crippen LogP contribution in [0.1, 0.15) is 28.8 Å². The summed E-state index contributed by atoms with van der Waals surface area (Å²) >= 11 is 0. The van der Waals surface area contributed by atoms with Crippen molar-refractivity contribution in [3.8, 4) is 11.1 Å². The molecule has 2 aliphatic heterocycles. The molecule has 2 aromatic rings. The lowest BCUT2D eigenvalue weighted by Crippen LogP contribution is -2.44. The lowest BCUT2D eigenvalue weighted by Gasteiger charge is -2.20. The fourth-order valence-corrected chi connectivity index (χ4v) is 4.22. The summed E-state index contributed by atoms with van der Waals surface area (Å²) in [5, 5.41) is 5.90. The second kappa shape index (κ2) is 10.6. The molecule has 2 N–H and O–H groups in total. The van der Waals surface area contributed by atoms with Crippen LogP contribution in [0.2, 0.25) is 0 Å². The van der Waals surface area contributed by atoms with Crippen molar-refractivity contribution in [1.29, 1.82) is 0 Å². The van der Waals surface area contributed by atoms with E-state index in [2.05, 4.69) is 10.6 Å². The largest absolute Gasteiger partial charge is 0.375 e. The number of hydrogen-bond donors (Lipinski definition) is 2. The fourth-order valence-electron chi connectivity index (χ4n) is 4.22. The zero-order chi connectivity index (χ0) is 23.2. The van der Waals surface area contributed by atoms with Crippen LogP contribution in [0.5, 0.6) is 0 Å². The van der Waals surface area contributed by atoms with Crippen molar-refractivity contribution >= 4 is 17.7 Å². The van der Waals surface area contributed by atoms with Crippen molar-refractivity contribution in [2.45, 2.75) is 31.6 Å². The van der Waals surface area contributed by atoms with E-state index in [9.17, 15) is 14.4 Å². The highest BCUT2D eigenvalue weighted by Crippen LogP contribution is 2.23. The van der Waals surface area contributed by atoms with Gasteiger partial charge < -0.3 is 25.0 Å². The number of carbonyl (C=O) groups excluding carboxylic acids is 3. The first-order valence-corrected chi connectivity index (χ1v) is 11.2. The van der Waals surface area contributed by atoms with E-state index in [1.54, 1.807) is 11.0 Å². The Hall–Kier alpha value is -3.23. The molecule has 0 spiro atoms. The van der Waals surface area contributed by atoms with Gasteiger partial charge in [-0.3, -0.25) is 14.4 Å². The Morgan fingerprint density at radius 1 is 1.09 bits per heavy atom. The molecule has 4 bridgehead atoms. The number of likely N-dealkylation sites (tertiary alicyclic amines) is 1. The van der Waals surface area contributed by atoms with Crippen molar-refractivity contribution in [2.75, 3.05) is 33.4 Å². The summed E-state index contributed by atoms with van der Waals surface area (Å²) in [4.78, 5) is 39.1. The summed E-state index contributed by atoms with van der Waals surface area (Å²) < 4.78 is 11.2. The number of amides is 3. The van der Waals surface area contributed by atoms with Gasteiger partial charge in [0.1, 0.15) is 6.61 Å². The number of nitrogens with zero attached hydrogens (tertiary/aromatic N) is 1. The first-order chi connectivity index (χ1) is 16.0. The van der Waals surface area contributed by atoms with Gasteiger partial charge in [0, 0.05) is 38.7 Å². The fraction of sp³-hybridized carbons (Fsp3) is 0.400. The first-order valence-electron chi connectivity index (χ1n) is 11.2. The van der Waals surface area contributed by atoms with Crippen LogP contribution in [-0.4, -0.2) is 68.1 Å². The highest BCUT2D eigenvalue weighted by Gasteiger charge is 2.36. The summed E-state index contributed by atoms with van der Waals surface area (Å²) in [7, 11) is 1.48. The molecule has 0 unspecified atom stereocenters. The Morgan fingerprint density at radius 3 is 2.67 bits per heavy atom. The van der Waals surface area contributed by atoms with Crippen molar-refractivity contribution in [3.05, 3.63) is 59.7 Å². The second-order valence-corrected chi connectivity index (χ2v) is 8.40. The number of rotatable bonds is 2. The van der Waals surface area contributed by atoms with Crippen molar-refractivity contribution in [1.82, 2.24) is 15.5 Å². The van der Waals surface area contributed by atoms with Gasteiger partial charge >= 0.3 is 0 Å². The minimum atomic E-state index is -0.322. The Kier molecular flexibility index (Phi) is 7.36. The van der Waals surface area contributed by atoms with E-state index in [-0.39, 0.29) is 42.9 Å². The predicted octanol–water partition coefficient (Wildman–Crippen LogP) is 1.74. The van der Waals surface area contributed by atoms with Crippen LogP contribution < -0.4 is 10.6 Å². The lowest BCUT2D eigenvalue weighted by molar-refractivity contribution is -0.134. The number of hydrogen-bond acceptors (Lipinski definition) is 5. The second-order valence-electron chi connectivity index (χ2n) is 8.40. The molecule has 0 aromatic heterocycles. The topological polar surface area (TPSA) is 97.0 Å². The summed E-state index contributed by atoms with van der Waals surface area (Å²) in [5.74, 6) is -0.420. The van der Waals surface area contributed by atoms with Gasteiger partial charge in [0.05, 0.1) is 18.8 Å². The third kappa shape index (κ3) is 5.77. The summed E-state index contributed by atoms with van der Waals surface area (Å²) in [6.45, 7) is 1.51. The number of nitrogens with one attached hydrogen (secondary N) is 2. The van der Waals surface area contributed by atoms with Gasteiger partial charge in [0.2, 0.25) is 11.8 Å². The first kappa shape index (κ1) is 22.9. The van der Waals surface area contributed by atoms with Gasteiger partial charge in [-0.1, -0.05) is 30.3 Å². The number of methoxy groups -OCH3 is 1. The molecule has 1 saturated heterocycles. The molecule has 3 amide bonds. The standard InChI is InChI=1S/C25H29N3O5/c1-32-16-24(30)28-13-21-22(14-28)33-15-17-5-2-6-18(11-17)19-7-3-8-20(12-19)25(31)26-10-4-9-23(29)27-21/h2-3,5-8,11-12,21-22H,4,9-10,13-16H2,1H3,(H,26,31)(H,27,29)/t21-,22-/m0/s1. The van der Waals surface area contributed by atoms with E-state index in [1.165, 1.54) is 7.11 Å². The van der Waals surface area contributed by atoms with Crippen molar-refractivity contribution < 1.29 is 23.9 Å². The molecule has 0 aliphatic carbocycles. The van der Waals surface area contributed by atoms with Crippen molar-refractivity contribution in [3.63, 3.8) is 0 Å². The maximum absolute atomic E-state index is 12.6. The normalized spacial score (nSPS) is 21.5. The summed E-state index contributed by atoms with van der Waals surface area (Å²) in [5.41, 5.74) is 3.49. The number of fused-ring (bicyclic) bond motifs is 6. The van der Waals surface area contributed by atoms with Crippen LogP contribution in [0.3, 0.4) is 0 Å². The minimum absolute atomic E-state index is 0.00576. The number of carbonyl (C=O) groups is 3. The maximum atomic E-state index is 12.6. The highest BCUT2D eigenvalue weighted by molar-refractivity contribution is 5.95. The lowest BCUT2D eigenvalue weighted by atomic mass is 10.0. The van der Waals surface area contributed by atoms with E-state index in [1.807, 2.05) is 42.5 Å². The van der Waals surface area contributed by atoms with Crippen LogP contribution in [-0.2, 0) is 25.7 Å². The minimum Gasteiger partial charge on any atom is -0.375 e. The molecule has 0 saturated carbocycles. The predicted molar refractivity (Wildman–Crippen MR) is 122 cm³/mol. The van der Waals surface area contributed by atoms with Gasteiger partial charge in [-0.2, -0.15) is 0 Å². The van der Waals surface area contributed by atoms with E-state index < -0.39 is 0 Å². The molecule has 1 fully saturated rings. The van der Waals surface area contributed by atoms with Gasteiger partial charge in [-0.25, -0.2) is 0 Å². The monoisotopic (exact) mass is 451 g/mol. The SMILES string of the molecule is COCC(=O)N1C[C@@H]2NC(=O)CCCNC(=O)c3cccc(c3)-c3cccc(c3)CO[C@H]2C1. The zero-order valence-corrected chi connectivity index (χ0v) is 18.7. The van der Waals surface area contributed by atoms with Gasteiger partial charge in [-0.15, -0.1) is 0 Å². The van der Waals surface area contributed by atoms with Crippen LogP contribution in [0.25, 0.3) is 11.1 Å². The average Bonchev–Trinajstić information content (AvgIpc) is 3.23. The molecule has 0 radical (unpaired) electrons. The molecule has 174 valence electrons. The van der Waals surface area contributed by atoms with Crippen LogP contribution in [0, 0.1) is 0 Å². The van der Waals surface area contributed by atoms with Gasteiger partial charge in [0.25, 0.3) is 5.91 Å². The zero-order valence-electron chi connectivity index (χ0n) is 18.7. The number of benzene rings is 2. The van der Waals surface area contributed by atoms with Crippen molar-refractivity contribution in [2.24, 2.45) is 0 Å². The van der Waals surface area contributed by atoms with E-state index in [0.717, 1.165) is 16.7 Å². The third-order valence-corrected chi connectivity index (χ3v) is 5.95. The van der Waals surface area contributed by atoms with Crippen LogP contribution >= 0.6 is 0 Å². The molecule has 2 atom stereocenters. The molecular formula is C25H29N3O5. The molecule has 2 heterocycles.